The lowest BCUT2D eigenvalue weighted by Crippen LogP contribution is -1.98. The molecular formula is C11H7F2NO2S. The third-order valence-corrected chi connectivity index (χ3v) is 3.24. The number of hydrogen-bond acceptors (Lipinski definition) is 3. The second-order valence-electron chi connectivity index (χ2n) is 3.33. The monoisotopic (exact) mass is 255 g/mol. The SMILES string of the molecule is Nc1c(-c2ccc(F)c(F)c2)csc1C(=O)O. The predicted octanol–water partition coefficient (Wildman–Crippen LogP) is 2.97. The molecular weight excluding hydrogens is 248 g/mol. The summed E-state index contributed by atoms with van der Waals surface area (Å²) in [5.74, 6) is -3.09. The fourth-order valence-electron chi connectivity index (χ4n) is 1.42. The molecule has 0 aliphatic heterocycles. The molecule has 3 nitrogen and oxygen atoms in total. The average Bonchev–Trinajstić information content (AvgIpc) is 2.64. The minimum atomic E-state index is -1.14. The van der Waals surface area contributed by atoms with Crippen molar-refractivity contribution < 1.29 is 18.7 Å². The third-order valence-electron chi connectivity index (χ3n) is 2.25. The third kappa shape index (κ3) is 1.99. The molecule has 0 amide bonds. The number of halogens is 2. The zero-order valence-corrected chi connectivity index (χ0v) is 9.22. The van der Waals surface area contributed by atoms with E-state index >= 15 is 0 Å². The highest BCUT2D eigenvalue weighted by molar-refractivity contribution is 7.13. The predicted molar refractivity (Wildman–Crippen MR) is 61.0 cm³/mol. The Morgan fingerprint density at radius 1 is 1.29 bits per heavy atom. The van der Waals surface area contributed by atoms with E-state index in [9.17, 15) is 13.6 Å². The van der Waals surface area contributed by atoms with Crippen LogP contribution in [0.25, 0.3) is 11.1 Å². The van der Waals surface area contributed by atoms with Crippen molar-refractivity contribution in [3.05, 3.63) is 40.1 Å². The van der Waals surface area contributed by atoms with Gasteiger partial charge in [0.2, 0.25) is 0 Å². The van der Waals surface area contributed by atoms with E-state index < -0.39 is 17.6 Å². The number of nitrogens with two attached hydrogens (primary N) is 1. The molecule has 1 aromatic carbocycles. The summed E-state index contributed by atoms with van der Waals surface area (Å²) in [6.45, 7) is 0. The topological polar surface area (TPSA) is 63.3 Å². The van der Waals surface area contributed by atoms with Gasteiger partial charge in [0.05, 0.1) is 5.69 Å². The van der Waals surface area contributed by atoms with Crippen LogP contribution >= 0.6 is 11.3 Å². The van der Waals surface area contributed by atoms with Gasteiger partial charge in [0.1, 0.15) is 4.88 Å². The lowest BCUT2D eigenvalue weighted by molar-refractivity contribution is 0.0703. The van der Waals surface area contributed by atoms with Gasteiger partial charge in [-0.25, -0.2) is 13.6 Å². The largest absolute Gasteiger partial charge is 0.477 e. The maximum atomic E-state index is 13.0. The molecule has 0 radical (unpaired) electrons. The van der Waals surface area contributed by atoms with E-state index in [2.05, 4.69) is 0 Å². The Morgan fingerprint density at radius 2 is 2.00 bits per heavy atom. The highest BCUT2D eigenvalue weighted by atomic mass is 32.1. The van der Waals surface area contributed by atoms with Crippen molar-refractivity contribution in [3.8, 4) is 11.1 Å². The van der Waals surface area contributed by atoms with E-state index in [1.54, 1.807) is 0 Å². The molecule has 0 spiro atoms. The van der Waals surface area contributed by atoms with Crippen LogP contribution in [-0.4, -0.2) is 11.1 Å². The fraction of sp³-hybridized carbons (Fsp3) is 0. The van der Waals surface area contributed by atoms with Gasteiger partial charge in [-0.1, -0.05) is 6.07 Å². The van der Waals surface area contributed by atoms with Crippen LogP contribution in [0.1, 0.15) is 9.67 Å². The van der Waals surface area contributed by atoms with Crippen LogP contribution in [-0.2, 0) is 0 Å². The molecule has 0 atom stereocenters. The van der Waals surface area contributed by atoms with Gasteiger partial charge in [0.25, 0.3) is 0 Å². The molecule has 3 N–H and O–H groups in total. The molecule has 1 heterocycles. The van der Waals surface area contributed by atoms with Gasteiger partial charge in [0, 0.05) is 10.9 Å². The lowest BCUT2D eigenvalue weighted by atomic mass is 10.1. The van der Waals surface area contributed by atoms with Gasteiger partial charge in [-0.3, -0.25) is 0 Å². The molecule has 0 aliphatic carbocycles. The van der Waals surface area contributed by atoms with Gasteiger partial charge in [0.15, 0.2) is 11.6 Å². The van der Waals surface area contributed by atoms with Crippen molar-refractivity contribution >= 4 is 23.0 Å². The Morgan fingerprint density at radius 3 is 2.53 bits per heavy atom. The minimum absolute atomic E-state index is 0.00951. The maximum absolute atomic E-state index is 13.0. The van der Waals surface area contributed by atoms with E-state index in [-0.39, 0.29) is 10.6 Å². The zero-order chi connectivity index (χ0) is 12.6. The molecule has 0 aliphatic rings. The number of carboxylic acids is 1. The summed E-state index contributed by atoms with van der Waals surface area (Å²) in [6.07, 6.45) is 0. The van der Waals surface area contributed by atoms with Crippen LogP contribution in [0.4, 0.5) is 14.5 Å². The zero-order valence-electron chi connectivity index (χ0n) is 8.41. The van der Waals surface area contributed by atoms with E-state index in [1.807, 2.05) is 0 Å². The number of thiophene rings is 1. The Bertz CT molecular complexity index is 595. The van der Waals surface area contributed by atoms with Crippen molar-refractivity contribution in [2.24, 2.45) is 0 Å². The van der Waals surface area contributed by atoms with Crippen molar-refractivity contribution in [2.45, 2.75) is 0 Å². The van der Waals surface area contributed by atoms with Crippen LogP contribution in [0.5, 0.6) is 0 Å². The second-order valence-corrected chi connectivity index (χ2v) is 4.21. The Balaban J connectivity index is 2.53. The summed E-state index contributed by atoms with van der Waals surface area (Å²) in [7, 11) is 0. The number of nitrogen functional groups attached to an aromatic ring is 1. The summed E-state index contributed by atoms with van der Waals surface area (Å²) in [5.41, 5.74) is 6.45. The van der Waals surface area contributed by atoms with Crippen LogP contribution in [0.2, 0.25) is 0 Å². The Labute approximate surface area is 99.1 Å². The molecule has 0 bridgehead atoms. The van der Waals surface area contributed by atoms with Gasteiger partial charge in [-0.15, -0.1) is 11.3 Å². The molecule has 1 aromatic heterocycles. The molecule has 0 saturated carbocycles. The van der Waals surface area contributed by atoms with E-state index in [0.717, 1.165) is 23.5 Å². The average molecular weight is 255 g/mol. The molecule has 0 saturated heterocycles. The molecule has 0 fully saturated rings. The maximum Gasteiger partial charge on any atom is 0.348 e. The number of rotatable bonds is 2. The molecule has 2 aromatic rings. The summed E-state index contributed by atoms with van der Waals surface area (Å²) >= 11 is 0.948. The van der Waals surface area contributed by atoms with Crippen LogP contribution in [0.15, 0.2) is 23.6 Å². The summed E-state index contributed by atoms with van der Waals surface area (Å²) < 4.78 is 25.8. The van der Waals surface area contributed by atoms with E-state index in [1.165, 1.54) is 11.4 Å². The van der Waals surface area contributed by atoms with Gasteiger partial charge < -0.3 is 10.8 Å². The number of aromatic carboxylic acids is 1. The minimum Gasteiger partial charge on any atom is -0.477 e. The van der Waals surface area contributed by atoms with Crippen LogP contribution in [0.3, 0.4) is 0 Å². The first-order valence-corrected chi connectivity index (χ1v) is 5.44. The first-order chi connectivity index (χ1) is 8.00. The molecule has 2 rings (SSSR count). The number of anilines is 1. The van der Waals surface area contributed by atoms with Crippen molar-refractivity contribution in [1.82, 2.24) is 0 Å². The van der Waals surface area contributed by atoms with Crippen molar-refractivity contribution in [1.29, 1.82) is 0 Å². The summed E-state index contributed by atoms with van der Waals surface area (Å²) in [4.78, 5) is 10.8. The van der Waals surface area contributed by atoms with Crippen molar-refractivity contribution in [3.63, 3.8) is 0 Å². The normalized spacial score (nSPS) is 10.5. The molecule has 88 valence electrons. The number of hydrogen-bond donors (Lipinski definition) is 2. The van der Waals surface area contributed by atoms with Gasteiger partial charge >= 0.3 is 5.97 Å². The van der Waals surface area contributed by atoms with E-state index in [4.69, 9.17) is 10.8 Å². The molecule has 0 unspecified atom stereocenters. The lowest BCUT2D eigenvalue weighted by Gasteiger charge is -2.01. The molecule has 17 heavy (non-hydrogen) atoms. The smallest absolute Gasteiger partial charge is 0.348 e. The summed E-state index contributed by atoms with van der Waals surface area (Å²) in [6, 6.07) is 3.31. The fourth-order valence-corrected chi connectivity index (χ4v) is 2.26. The Kier molecular flexibility index (Phi) is 2.81. The number of benzene rings is 1. The first-order valence-electron chi connectivity index (χ1n) is 4.56. The first kappa shape index (κ1) is 11.5. The highest BCUT2D eigenvalue weighted by Gasteiger charge is 2.16. The van der Waals surface area contributed by atoms with Gasteiger partial charge in [-0.05, 0) is 17.7 Å². The number of carboxylic acid groups (broad SMARTS) is 1. The standard InChI is InChI=1S/C11H7F2NO2S/c12-7-2-1-5(3-8(7)13)6-4-17-10(9(6)14)11(15)16/h1-4H,14H2,(H,15,16). The van der Waals surface area contributed by atoms with Crippen molar-refractivity contribution in [2.75, 3.05) is 5.73 Å². The van der Waals surface area contributed by atoms with Gasteiger partial charge in [-0.2, -0.15) is 0 Å². The van der Waals surface area contributed by atoms with Crippen LogP contribution in [0, 0.1) is 11.6 Å². The quantitative estimate of drug-likeness (QED) is 0.867. The molecule has 6 heteroatoms. The Hall–Kier alpha value is -1.95. The summed E-state index contributed by atoms with van der Waals surface area (Å²) in [5, 5.41) is 10.3. The van der Waals surface area contributed by atoms with E-state index in [0.29, 0.717) is 11.1 Å². The highest BCUT2D eigenvalue weighted by Crippen LogP contribution is 2.34. The number of carbonyl (C=O) groups is 1. The second kappa shape index (κ2) is 4.14. The van der Waals surface area contributed by atoms with Crippen LogP contribution < -0.4 is 5.73 Å².